The van der Waals surface area contributed by atoms with Crippen molar-refractivity contribution < 1.29 is 0 Å². The van der Waals surface area contributed by atoms with Gasteiger partial charge in [0.2, 0.25) is 0 Å². The van der Waals surface area contributed by atoms with Crippen molar-refractivity contribution in [1.82, 2.24) is 24.4 Å². The molecule has 3 rings (SSSR count). The zero-order valence-corrected chi connectivity index (χ0v) is 9.41. The van der Waals surface area contributed by atoms with Crippen LogP contribution in [0.15, 0.2) is 30.6 Å². The molecule has 3 aromatic rings. The van der Waals surface area contributed by atoms with Crippen LogP contribution < -0.4 is 5.73 Å². The first-order chi connectivity index (χ1) is 8.24. The maximum atomic E-state index is 5.65. The predicted octanol–water partition coefficient (Wildman–Crippen LogP) is 0.865. The third-order valence-electron chi connectivity index (χ3n) is 2.74. The number of anilines is 1. The Labute approximate surface area is 97.7 Å². The van der Waals surface area contributed by atoms with Gasteiger partial charge in [-0.05, 0) is 19.1 Å². The molecule has 86 valence electrons. The lowest BCUT2D eigenvalue weighted by Crippen LogP contribution is -2.04. The van der Waals surface area contributed by atoms with Gasteiger partial charge in [0.1, 0.15) is 5.65 Å². The number of hydrogen-bond acceptors (Lipinski definition) is 4. The van der Waals surface area contributed by atoms with Crippen LogP contribution in [0.3, 0.4) is 0 Å². The Balaban J connectivity index is 1.97. The van der Waals surface area contributed by atoms with Crippen LogP contribution in [0, 0.1) is 6.92 Å². The topological polar surface area (TPSA) is 74.0 Å². The molecular formula is C11H12N6. The molecule has 17 heavy (non-hydrogen) atoms. The van der Waals surface area contributed by atoms with Gasteiger partial charge in [-0.25, -0.2) is 9.67 Å². The van der Waals surface area contributed by atoms with Crippen LogP contribution in [0.2, 0.25) is 0 Å². The van der Waals surface area contributed by atoms with Crippen LogP contribution in [0.25, 0.3) is 5.65 Å². The summed E-state index contributed by atoms with van der Waals surface area (Å²) in [5.74, 6) is 0.466. The van der Waals surface area contributed by atoms with Gasteiger partial charge in [-0.15, -0.1) is 5.10 Å². The number of fused-ring (bicyclic) bond motifs is 1. The lowest BCUT2D eigenvalue weighted by atomic mass is 10.4. The second kappa shape index (κ2) is 3.58. The zero-order valence-electron chi connectivity index (χ0n) is 9.41. The molecule has 3 heterocycles. The second-order valence-electron chi connectivity index (χ2n) is 3.92. The van der Waals surface area contributed by atoms with Crippen molar-refractivity contribution >= 4 is 11.5 Å². The highest BCUT2D eigenvalue weighted by Crippen LogP contribution is 2.09. The number of nitrogens with zero attached hydrogens (tertiary/aromatic N) is 5. The molecule has 0 unspecified atom stereocenters. The quantitative estimate of drug-likeness (QED) is 0.706. The summed E-state index contributed by atoms with van der Waals surface area (Å²) in [5, 5.41) is 7.80. The zero-order chi connectivity index (χ0) is 11.8. The highest BCUT2D eigenvalue weighted by molar-refractivity contribution is 5.39. The van der Waals surface area contributed by atoms with Crippen molar-refractivity contribution in [3.05, 3.63) is 42.0 Å². The number of nitrogens with two attached hydrogens (primary N) is 1. The van der Waals surface area contributed by atoms with E-state index in [0.717, 1.165) is 17.0 Å². The summed E-state index contributed by atoms with van der Waals surface area (Å²) in [4.78, 5) is 4.49. The molecule has 6 heteroatoms. The molecule has 0 aliphatic carbocycles. The van der Waals surface area contributed by atoms with Crippen molar-refractivity contribution in [2.45, 2.75) is 13.5 Å². The predicted molar refractivity (Wildman–Crippen MR) is 63.5 cm³/mol. The lowest BCUT2D eigenvalue weighted by molar-refractivity contribution is 0.625. The maximum Gasteiger partial charge on any atom is 0.168 e. The van der Waals surface area contributed by atoms with Crippen molar-refractivity contribution in [3.63, 3.8) is 0 Å². The SMILES string of the molecule is Cc1c(N)nnn1Cc1cn2ccccc2n1. The summed E-state index contributed by atoms with van der Waals surface area (Å²) in [5.41, 5.74) is 8.37. The van der Waals surface area contributed by atoms with Gasteiger partial charge < -0.3 is 10.1 Å². The van der Waals surface area contributed by atoms with Crippen LogP contribution in [0.1, 0.15) is 11.4 Å². The van der Waals surface area contributed by atoms with Gasteiger partial charge in [-0.1, -0.05) is 11.3 Å². The molecule has 0 aromatic carbocycles. The first kappa shape index (κ1) is 9.83. The molecule has 3 aromatic heterocycles. The van der Waals surface area contributed by atoms with Gasteiger partial charge in [0, 0.05) is 12.4 Å². The summed E-state index contributed by atoms with van der Waals surface area (Å²) in [6.45, 7) is 2.48. The molecule has 0 spiro atoms. The Hall–Kier alpha value is -2.37. The van der Waals surface area contributed by atoms with Crippen molar-refractivity contribution in [2.24, 2.45) is 0 Å². The van der Waals surface area contributed by atoms with Gasteiger partial charge in [0.15, 0.2) is 5.82 Å². The van der Waals surface area contributed by atoms with E-state index in [1.807, 2.05) is 41.9 Å². The fourth-order valence-electron chi connectivity index (χ4n) is 1.74. The van der Waals surface area contributed by atoms with E-state index in [1.165, 1.54) is 0 Å². The minimum Gasteiger partial charge on any atom is -0.381 e. The van der Waals surface area contributed by atoms with E-state index in [0.29, 0.717) is 12.4 Å². The number of hydrogen-bond donors (Lipinski definition) is 1. The highest BCUT2D eigenvalue weighted by Gasteiger charge is 2.07. The minimum atomic E-state index is 0.466. The monoisotopic (exact) mass is 228 g/mol. The van der Waals surface area contributed by atoms with E-state index in [9.17, 15) is 0 Å². The summed E-state index contributed by atoms with van der Waals surface area (Å²) < 4.78 is 3.72. The Kier molecular flexibility index (Phi) is 2.07. The fraction of sp³-hybridized carbons (Fsp3) is 0.182. The van der Waals surface area contributed by atoms with Crippen LogP contribution in [-0.4, -0.2) is 24.4 Å². The molecule has 0 bridgehead atoms. The van der Waals surface area contributed by atoms with E-state index in [-0.39, 0.29) is 0 Å². The van der Waals surface area contributed by atoms with Gasteiger partial charge in [-0.2, -0.15) is 0 Å². The normalized spacial score (nSPS) is 11.1. The van der Waals surface area contributed by atoms with Crippen LogP contribution in [0.5, 0.6) is 0 Å². The average Bonchev–Trinajstić information content (AvgIpc) is 2.87. The van der Waals surface area contributed by atoms with Gasteiger partial charge in [0.05, 0.1) is 17.9 Å². The van der Waals surface area contributed by atoms with E-state index in [4.69, 9.17) is 5.73 Å². The lowest BCUT2D eigenvalue weighted by Gasteiger charge is -1.98. The van der Waals surface area contributed by atoms with Crippen LogP contribution in [0.4, 0.5) is 5.82 Å². The van der Waals surface area contributed by atoms with E-state index in [1.54, 1.807) is 4.68 Å². The molecule has 2 N–H and O–H groups in total. The first-order valence-corrected chi connectivity index (χ1v) is 5.32. The molecule has 0 aliphatic heterocycles. The number of aromatic nitrogens is 5. The Bertz CT molecular complexity index is 632. The summed E-state index contributed by atoms with van der Waals surface area (Å²) in [6, 6.07) is 5.90. The van der Waals surface area contributed by atoms with Crippen molar-refractivity contribution in [1.29, 1.82) is 0 Å². The van der Waals surface area contributed by atoms with Crippen LogP contribution in [-0.2, 0) is 6.54 Å². The molecule has 0 aliphatic rings. The number of rotatable bonds is 2. The van der Waals surface area contributed by atoms with E-state index in [2.05, 4.69) is 15.3 Å². The Morgan fingerprint density at radius 1 is 1.35 bits per heavy atom. The molecule has 0 saturated heterocycles. The number of pyridine rings is 1. The fourth-order valence-corrected chi connectivity index (χ4v) is 1.74. The summed E-state index contributed by atoms with van der Waals surface area (Å²) in [7, 11) is 0. The van der Waals surface area contributed by atoms with Gasteiger partial charge >= 0.3 is 0 Å². The third-order valence-corrected chi connectivity index (χ3v) is 2.74. The van der Waals surface area contributed by atoms with E-state index < -0.39 is 0 Å². The summed E-state index contributed by atoms with van der Waals surface area (Å²) in [6.07, 6.45) is 3.95. The highest BCUT2D eigenvalue weighted by atomic mass is 15.4. The number of imidazole rings is 1. The van der Waals surface area contributed by atoms with Crippen molar-refractivity contribution in [2.75, 3.05) is 5.73 Å². The largest absolute Gasteiger partial charge is 0.381 e. The smallest absolute Gasteiger partial charge is 0.168 e. The van der Waals surface area contributed by atoms with Crippen molar-refractivity contribution in [3.8, 4) is 0 Å². The standard InChI is InChI=1S/C11H12N6/c1-8-11(12)14-15-17(8)7-9-6-16-5-3-2-4-10(16)13-9/h2-6H,7,12H2,1H3. The average molecular weight is 228 g/mol. The van der Waals surface area contributed by atoms with Gasteiger partial charge in [-0.3, -0.25) is 0 Å². The Morgan fingerprint density at radius 2 is 2.24 bits per heavy atom. The van der Waals surface area contributed by atoms with Crippen LogP contribution >= 0.6 is 0 Å². The van der Waals surface area contributed by atoms with Gasteiger partial charge in [0.25, 0.3) is 0 Å². The molecule has 0 saturated carbocycles. The number of nitrogen functional groups attached to an aromatic ring is 1. The first-order valence-electron chi connectivity index (χ1n) is 5.32. The summed E-state index contributed by atoms with van der Waals surface area (Å²) >= 11 is 0. The molecule has 0 radical (unpaired) electrons. The molecule has 0 fully saturated rings. The molecule has 0 amide bonds. The van der Waals surface area contributed by atoms with E-state index >= 15 is 0 Å². The molecular weight excluding hydrogens is 216 g/mol. The minimum absolute atomic E-state index is 0.466. The molecule has 6 nitrogen and oxygen atoms in total. The third kappa shape index (κ3) is 1.63. The Morgan fingerprint density at radius 3 is 2.94 bits per heavy atom. The maximum absolute atomic E-state index is 5.65. The molecule has 0 atom stereocenters. The second-order valence-corrected chi connectivity index (χ2v) is 3.92.